The lowest BCUT2D eigenvalue weighted by atomic mass is 10.2. The van der Waals surface area contributed by atoms with Crippen molar-refractivity contribution in [3.63, 3.8) is 0 Å². The van der Waals surface area contributed by atoms with E-state index in [2.05, 4.69) is 25.8 Å². The molecular weight excluding hydrogens is 343 g/mol. The lowest BCUT2D eigenvalue weighted by molar-refractivity contribution is 0.617. The van der Waals surface area contributed by atoms with Crippen LogP contribution in [0.1, 0.15) is 24.1 Å². The number of benzene rings is 1. The van der Waals surface area contributed by atoms with Crippen LogP contribution in [0.25, 0.3) is 0 Å². The van der Waals surface area contributed by atoms with E-state index in [1.54, 1.807) is 6.07 Å². The summed E-state index contributed by atoms with van der Waals surface area (Å²) in [6.07, 6.45) is 2.44. The maximum absolute atomic E-state index is 13.7. The van der Waals surface area contributed by atoms with Crippen molar-refractivity contribution in [3.8, 4) is 6.07 Å². The van der Waals surface area contributed by atoms with Crippen LogP contribution in [0.4, 0.5) is 21.8 Å². The smallest absolute Gasteiger partial charge is 0.227 e. The predicted octanol–water partition coefficient (Wildman–Crippen LogP) is 2.72. The lowest BCUT2D eigenvalue weighted by Gasteiger charge is -2.36. The highest BCUT2D eigenvalue weighted by Crippen LogP contribution is 2.24. The predicted molar refractivity (Wildman–Crippen MR) is 104 cm³/mol. The summed E-state index contributed by atoms with van der Waals surface area (Å²) in [5.74, 6) is 1.42. The zero-order valence-corrected chi connectivity index (χ0v) is 15.5. The Hall–Kier alpha value is -2.88. The Kier molecular flexibility index (Phi) is 4.80. The van der Waals surface area contributed by atoms with Crippen LogP contribution in [-0.4, -0.2) is 49.2 Å². The highest BCUT2D eigenvalue weighted by atomic mass is 19.1. The molecule has 0 amide bonds. The monoisotopic (exact) mass is 366 g/mol. The molecule has 0 radical (unpaired) electrons. The summed E-state index contributed by atoms with van der Waals surface area (Å²) in [6.45, 7) is 7.14. The zero-order chi connectivity index (χ0) is 18.8. The van der Waals surface area contributed by atoms with E-state index in [0.717, 1.165) is 62.4 Å². The van der Waals surface area contributed by atoms with E-state index in [9.17, 15) is 4.39 Å². The third kappa shape index (κ3) is 3.80. The van der Waals surface area contributed by atoms with Gasteiger partial charge in [-0.15, -0.1) is 0 Å². The van der Waals surface area contributed by atoms with Crippen molar-refractivity contribution >= 4 is 17.5 Å². The topological polar surface area (TPSA) is 59.3 Å². The molecule has 4 rings (SSSR count). The molecule has 3 heterocycles. The molecule has 0 aliphatic carbocycles. The van der Waals surface area contributed by atoms with Gasteiger partial charge >= 0.3 is 0 Å². The zero-order valence-electron chi connectivity index (χ0n) is 15.5. The van der Waals surface area contributed by atoms with Crippen LogP contribution in [0.2, 0.25) is 0 Å². The number of rotatable bonds is 3. The molecule has 7 heteroatoms. The quantitative estimate of drug-likeness (QED) is 0.832. The number of aryl methyl sites for hydroxylation is 1. The Labute approximate surface area is 158 Å². The Morgan fingerprint density at radius 2 is 1.59 bits per heavy atom. The summed E-state index contributed by atoms with van der Waals surface area (Å²) in [7, 11) is 0. The van der Waals surface area contributed by atoms with Crippen LogP contribution in [0.3, 0.4) is 0 Å². The van der Waals surface area contributed by atoms with Crippen LogP contribution >= 0.6 is 0 Å². The second-order valence-corrected chi connectivity index (χ2v) is 7.15. The molecule has 2 aromatic rings. The fraction of sp³-hybridized carbons (Fsp3) is 0.450. The molecule has 2 fully saturated rings. The molecule has 1 aromatic heterocycles. The van der Waals surface area contributed by atoms with Gasteiger partial charge in [-0.2, -0.15) is 10.2 Å². The normalized spacial score (nSPS) is 17.3. The molecule has 6 nitrogen and oxygen atoms in total. The molecule has 2 aliphatic rings. The van der Waals surface area contributed by atoms with Crippen molar-refractivity contribution in [2.24, 2.45) is 0 Å². The SMILES string of the molecule is Cc1cc(N2CCCC2)nc(N2CCN(c3cc(F)cc(C#N)c3)CC2)n1. The number of halogens is 1. The summed E-state index contributed by atoms with van der Waals surface area (Å²) in [4.78, 5) is 16.1. The molecule has 1 aromatic carbocycles. The van der Waals surface area contributed by atoms with E-state index in [1.165, 1.54) is 25.0 Å². The molecule has 140 valence electrons. The van der Waals surface area contributed by atoms with Gasteiger partial charge in [0, 0.05) is 56.7 Å². The Balaban J connectivity index is 1.48. The number of nitriles is 1. The van der Waals surface area contributed by atoms with Gasteiger partial charge in [0.2, 0.25) is 5.95 Å². The van der Waals surface area contributed by atoms with Crippen molar-refractivity contribution in [3.05, 3.63) is 41.3 Å². The largest absolute Gasteiger partial charge is 0.368 e. The number of anilines is 3. The Morgan fingerprint density at radius 3 is 2.30 bits per heavy atom. The summed E-state index contributed by atoms with van der Waals surface area (Å²) in [6, 6.07) is 8.57. The first kappa shape index (κ1) is 17.5. The molecule has 0 atom stereocenters. The minimum Gasteiger partial charge on any atom is -0.368 e. The first-order valence-electron chi connectivity index (χ1n) is 9.43. The molecule has 0 saturated carbocycles. The van der Waals surface area contributed by atoms with Crippen molar-refractivity contribution in [1.29, 1.82) is 5.26 Å². The van der Waals surface area contributed by atoms with E-state index in [-0.39, 0.29) is 5.82 Å². The maximum atomic E-state index is 13.7. The van der Waals surface area contributed by atoms with Crippen molar-refractivity contribution in [2.75, 3.05) is 54.0 Å². The number of nitrogens with zero attached hydrogens (tertiary/aromatic N) is 6. The molecule has 0 unspecified atom stereocenters. The summed E-state index contributed by atoms with van der Waals surface area (Å²) in [5, 5.41) is 9.05. The van der Waals surface area contributed by atoms with Gasteiger partial charge < -0.3 is 14.7 Å². The van der Waals surface area contributed by atoms with Gasteiger partial charge in [0.25, 0.3) is 0 Å². The van der Waals surface area contributed by atoms with Gasteiger partial charge in [0.1, 0.15) is 11.6 Å². The van der Waals surface area contributed by atoms with E-state index in [0.29, 0.717) is 5.56 Å². The fourth-order valence-electron chi connectivity index (χ4n) is 3.77. The summed E-state index contributed by atoms with van der Waals surface area (Å²) < 4.78 is 13.7. The minimum absolute atomic E-state index is 0.352. The van der Waals surface area contributed by atoms with Gasteiger partial charge in [-0.1, -0.05) is 0 Å². The number of hydrogen-bond acceptors (Lipinski definition) is 6. The molecule has 0 bridgehead atoms. The molecule has 2 aliphatic heterocycles. The number of piperazine rings is 1. The van der Waals surface area contributed by atoms with Crippen LogP contribution in [-0.2, 0) is 0 Å². The standard InChI is InChI=1S/C20H23FN6/c1-15-10-19(26-4-2-3-5-26)24-20(23-15)27-8-6-25(7-9-27)18-12-16(14-22)11-17(21)13-18/h10-13H,2-9H2,1H3. The van der Waals surface area contributed by atoms with Gasteiger partial charge in [-0.3, -0.25) is 0 Å². The van der Waals surface area contributed by atoms with Gasteiger partial charge in [-0.25, -0.2) is 9.37 Å². The number of hydrogen-bond donors (Lipinski definition) is 0. The van der Waals surface area contributed by atoms with Gasteiger partial charge in [0.15, 0.2) is 0 Å². The average Bonchev–Trinajstić information content (AvgIpc) is 3.22. The van der Waals surface area contributed by atoms with E-state index in [4.69, 9.17) is 10.2 Å². The summed E-state index contributed by atoms with van der Waals surface area (Å²) in [5.41, 5.74) is 2.09. The van der Waals surface area contributed by atoms with E-state index in [1.807, 2.05) is 13.0 Å². The molecular formula is C20H23FN6. The van der Waals surface area contributed by atoms with Crippen molar-refractivity contribution in [1.82, 2.24) is 9.97 Å². The van der Waals surface area contributed by atoms with Crippen molar-refractivity contribution < 1.29 is 4.39 Å². The van der Waals surface area contributed by atoms with Crippen LogP contribution < -0.4 is 14.7 Å². The second-order valence-electron chi connectivity index (χ2n) is 7.15. The van der Waals surface area contributed by atoms with Crippen LogP contribution in [0, 0.1) is 24.1 Å². The molecule has 2 saturated heterocycles. The molecule has 0 N–H and O–H groups in total. The molecule has 27 heavy (non-hydrogen) atoms. The third-order valence-electron chi connectivity index (χ3n) is 5.20. The maximum Gasteiger partial charge on any atom is 0.227 e. The van der Waals surface area contributed by atoms with Gasteiger partial charge in [0.05, 0.1) is 11.6 Å². The minimum atomic E-state index is -0.372. The Bertz CT molecular complexity index is 863. The first-order valence-corrected chi connectivity index (χ1v) is 9.43. The summed E-state index contributed by atoms with van der Waals surface area (Å²) >= 11 is 0. The highest BCUT2D eigenvalue weighted by Gasteiger charge is 2.22. The van der Waals surface area contributed by atoms with E-state index >= 15 is 0 Å². The van der Waals surface area contributed by atoms with Gasteiger partial charge in [-0.05, 0) is 38.0 Å². The third-order valence-corrected chi connectivity index (χ3v) is 5.20. The fourth-order valence-corrected chi connectivity index (χ4v) is 3.77. The average molecular weight is 366 g/mol. The Morgan fingerprint density at radius 1 is 0.889 bits per heavy atom. The highest BCUT2D eigenvalue weighted by molar-refractivity contribution is 5.54. The number of aromatic nitrogens is 2. The van der Waals surface area contributed by atoms with Crippen LogP contribution in [0.5, 0.6) is 0 Å². The lowest BCUT2D eigenvalue weighted by Crippen LogP contribution is -2.47. The van der Waals surface area contributed by atoms with Crippen LogP contribution in [0.15, 0.2) is 24.3 Å². The first-order chi connectivity index (χ1) is 13.1. The van der Waals surface area contributed by atoms with Crippen molar-refractivity contribution in [2.45, 2.75) is 19.8 Å². The molecule has 0 spiro atoms. The second kappa shape index (κ2) is 7.39. The van der Waals surface area contributed by atoms with E-state index < -0.39 is 0 Å².